The number of alkyl carbamates (subject to hydrolysis) is 1. The van der Waals surface area contributed by atoms with Crippen LogP contribution in [0.25, 0.3) is 0 Å². The van der Waals surface area contributed by atoms with Crippen molar-refractivity contribution in [3.63, 3.8) is 0 Å². The van der Waals surface area contributed by atoms with Gasteiger partial charge in [0.05, 0.1) is 6.61 Å². The van der Waals surface area contributed by atoms with Gasteiger partial charge in [-0.15, -0.1) is 0 Å². The zero-order chi connectivity index (χ0) is 12.8. The summed E-state index contributed by atoms with van der Waals surface area (Å²) < 4.78 is 5.49. The number of carbonyl (C=O) groups is 1. The van der Waals surface area contributed by atoms with Crippen LogP contribution in [-0.4, -0.2) is 30.0 Å². The van der Waals surface area contributed by atoms with Crippen molar-refractivity contribution in [1.82, 2.24) is 5.32 Å². The van der Waals surface area contributed by atoms with Crippen LogP contribution in [0, 0.1) is 11.8 Å². The van der Waals surface area contributed by atoms with Crippen molar-refractivity contribution < 1.29 is 14.6 Å². The monoisotopic (exact) mass is 231 g/mol. The first-order valence-corrected chi connectivity index (χ1v) is 5.96. The molecule has 0 aliphatic heterocycles. The maximum atomic E-state index is 11.5. The molecule has 0 bridgehead atoms. The largest absolute Gasteiger partial charge is 0.443 e. The molecule has 0 aromatic carbocycles. The summed E-state index contributed by atoms with van der Waals surface area (Å²) in [5, 5.41) is 11.1. The van der Waals surface area contributed by atoms with Crippen molar-refractivity contribution in [2.75, 3.05) is 13.2 Å². The molecule has 0 saturated carbocycles. The van der Waals surface area contributed by atoms with E-state index in [1.54, 1.807) is 0 Å². The molecule has 0 radical (unpaired) electrons. The molecular formula is C12H25NO3. The second-order valence-electron chi connectivity index (χ2n) is 4.69. The third-order valence-corrected chi connectivity index (χ3v) is 3.43. The summed E-state index contributed by atoms with van der Waals surface area (Å²) in [5.74, 6) is 0.551. The SMILES string of the molecule is CCC(C)C(C)(OC(=O)NCCO)C(C)C. The quantitative estimate of drug-likeness (QED) is 0.736. The highest BCUT2D eigenvalue weighted by atomic mass is 16.6. The summed E-state index contributed by atoms with van der Waals surface area (Å²) in [6.07, 6.45) is 0.507. The number of hydrogen-bond acceptors (Lipinski definition) is 3. The van der Waals surface area contributed by atoms with Crippen LogP contribution in [0.2, 0.25) is 0 Å². The van der Waals surface area contributed by atoms with Crippen molar-refractivity contribution in [2.45, 2.75) is 46.6 Å². The van der Waals surface area contributed by atoms with Crippen LogP contribution in [0.1, 0.15) is 41.0 Å². The van der Waals surface area contributed by atoms with Crippen LogP contribution in [-0.2, 0) is 4.74 Å². The van der Waals surface area contributed by atoms with Gasteiger partial charge in [0.1, 0.15) is 5.60 Å². The Bertz CT molecular complexity index is 218. The number of amides is 1. The Hall–Kier alpha value is -0.770. The second-order valence-corrected chi connectivity index (χ2v) is 4.69. The number of ether oxygens (including phenoxy) is 1. The first-order chi connectivity index (χ1) is 7.38. The predicted molar refractivity (Wildman–Crippen MR) is 64.3 cm³/mol. The van der Waals surface area contributed by atoms with Gasteiger partial charge in [0, 0.05) is 6.54 Å². The molecule has 2 N–H and O–H groups in total. The lowest BCUT2D eigenvalue weighted by molar-refractivity contribution is -0.0506. The molecule has 16 heavy (non-hydrogen) atoms. The first kappa shape index (κ1) is 15.2. The Morgan fingerprint density at radius 2 is 2.00 bits per heavy atom. The van der Waals surface area contributed by atoms with Crippen LogP contribution in [0.4, 0.5) is 4.79 Å². The number of aliphatic hydroxyl groups is 1. The Labute approximate surface area is 98.4 Å². The smallest absolute Gasteiger partial charge is 0.407 e. The Kier molecular flexibility index (Phi) is 6.41. The molecular weight excluding hydrogens is 206 g/mol. The molecule has 0 aliphatic rings. The molecule has 0 aromatic rings. The van der Waals surface area contributed by atoms with E-state index in [2.05, 4.69) is 19.2 Å². The van der Waals surface area contributed by atoms with E-state index in [1.165, 1.54) is 0 Å². The molecule has 0 rings (SSSR count). The highest BCUT2D eigenvalue weighted by Crippen LogP contribution is 2.32. The third kappa shape index (κ3) is 4.00. The van der Waals surface area contributed by atoms with Gasteiger partial charge < -0.3 is 15.2 Å². The topological polar surface area (TPSA) is 58.6 Å². The fourth-order valence-corrected chi connectivity index (χ4v) is 1.59. The van der Waals surface area contributed by atoms with Crippen molar-refractivity contribution >= 4 is 6.09 Å². The van der Waals surface area contributed by atoms with Crippen LogP contribution < -0.4 is 5.32 Å². The van der Waals surface area contributed by atoms with Gasteiger partial charge in [0.2, 0.25) is 0 Å². The Morgan fingerprint density at radius 3 is 2.38 bits per heavy atom. The van der Waals surface area contributed by atoms with Gasteiger partial charge >= 0.3 is 6.09 Å². The molecule has 1 amide bonds. The lowest BCUT2D eigenvalue weighted by Gasteiger charge is -2.38. The van der Waals surface area contributed by atoms with Gasteiger partial charge in [0.15, 0.2) is 0 Å². The van der Waals surface area contributed by atoms with E-state index in [-0.39, 0.29) is 19.1 Å². The average Bonchev–Trinajstić information content (AvgIpc) is 2.24. The highest BCUT2D eigenvalue weighted by molar-refractivity contribution is 5.67. The van der Waals surface area contributed by atoms with Crippen molar-refractivity contribution in [1.29, 1.82) is 0 Å². The molecule has 0 fully saturated rings. The van der Waals surface area contributed by atoms with E-state index in [0.717, 1.165) is 6.42 Å². The molecule has 0 aromatic heterocycles. The maximum Gasteiger partial charge on any atom is 0.407 e. The molecule has 0 aliphatic carbocycles. The van der Waals surface area contributed by atoms with Gasteiger partial charge in [-0.3, -0.25) is 0 Å². The highest BCUT2D eigenvalue weighted by Gasteiger charge is 2.37. The van der Waals surface area contributed by atoms with Gasteiger partial charge in [-0.2, -0.15) is 0 Å². The van der Waals surface area contributed by atoms with Crippen molar-refractivity contribution in [3.8, 4) is 0 Å². The fourth-order valence-electron chi connectivity index (χ4n) is 1.59. The zero-order valence-electron chi connectivity index (χ0n) is 11.0. The number of hydrogen-bond donors (Lipinski definition) is 2. The van der Waals surface area contributed by atoms with Crippen LogP contribution >= 0.6 is 0 Å². The van der Waals surface area contributed by atoms with Crippen LogP contribution in [0.15, 0.2) is 0 Å². The predicted octanol–water partition coefficient (Wildman–Crippen LogP) is 2.17. The summed E-state index contributed by atoms with van der Waals surface area (Å²) >= 11 is 0. The molecule has 96 valence electrons. The number of carbonyl (C=O) groups excluding carboxylic acids is 1. The number of rotatable bonds is 6. The molecule has 4 nitrogen and oxygen atoms in total. The normalized spacial score (nSPS) is 16.7. The van der Waals surface area contributed by atoms with Crippen molar-refractivity contribution in [3.05, 3.63) is 0 Å². The van der Waals surface area contributed by atoms with Gasteiger partial charge in [-0.05, 0) is 25.2 Å². The van der Waals surface area contributed by atoms with Crippen LogP contribution in [0.5, 0.6) is 0 Å². The third-order valence-electron chi connectivity index (χ3n) is 3.43. The first-order valence-electron chi connectivity index (χ1n) is 5.96. The van der Waals surface area contributed by atoms with E-state index in [4.69, 9.17) is 9.84 Å². The summed E-state index contributed by atoms with van der Waals surface area (Å²) in [6, 6.07) is 0. The summed E-state index contributed by atoms with van der Waals surface area (Å²) in [7, 11) is 0. The number of aliphatic hydroxyl groups excluding tert-OH is 1. The standard InChI is InChI=1S/C12H25NO3/c1-6-10(4)12(5,9(2)3)16-11(15)13-7-8-14/h9-10,14H,6-8H2,1-5H3,(H,13,15). The van der Waals surface area contributed by atoms with Gasteiger partial charge in [-0.25, -0.2) is 4.79 Å². The lowest BCUT2D eigenvalue weighted by atomic mass is 9.79. The minimum atomic E-state index is -0.464. The Morgan fingerprint density at radius 1 is 1.44 bits per heavy atom. The molecule has 4 heteroatoms. The number of nitrogens with one attached hydrogen (secondary N) is 1. The molecule has 0 heterocycles. The summed E-state index contributed by atoms with van der Waals surface area (Å²) in [6.45, 7) is 10.4. The lowest BCUT2D eigenvalue weighted by Crippen LogP contribution is -2.46. The fraction of sp³-hybridized carbons (Fsp3) is 0.917. The van der Waals surface area contributed by atoms with Gasteiger partial charge in [0.25, 0.3) is 0 Å². The van der Waals surface area contributed by atoms with Gasteiger partial charge in [-0.1, -0.05) is 27.7 Å². The van der Waals surface area contributed by atoms with E-state index in [1.807, 2.05) is 20.8 Å². The van der Waals surface area contributed by atoms with E-state index in [0.29, 0.717) is 5.92 Å². The molecule has 0 spiro atoms. The molecule has 2 atom stereocenters. The van der Waals surface area contributed by atoms with E-state index in [9.17, 15) is 4.79 Å². The van der Waals surface area contributed by atoms with Crippen LogP contribution in [0.3, 0.4) is 0 Å². The minimum Gasteiger partial charge on any atom is -0.443 e. The zero-order valence-corrected chi connectivity index (χ0v) is 11.0. The summed E-state index contributed by atoms with van der Waals surface area (Å²) in [5.41, 5.74) is -0.464. The average molecular weight is 231 g/mol. The maximum absolute atomic E-state index is 11.5. The minimum absolute atomic E-state index is 0.0726. The molecule has 2 unspecified atom stereocenters. The van der Waals surface area contributed by atoms with Crippen molar-refractivity contribution in [2.24, 2.45) is 11.8 Å². The molecule has 0 saturated heterocycles. The van der Waals surface area contributed by atoms with E-state index >= 15 is 0 Å². The summed E-state index contributed by atoms with van der Waals surface area (Å²) in [4.78, 5) is 11.5. The second kappa shape index (κ2) is 6.74. The van der Waals surface area contributed by atoms with E-state index < -0.39 is 11.7 Å². The Balaban J connectivity index is 4.50.